The van der Waals surface area contributed by atoms with Gasteiger partial charge < -0.3 is 10.2 Å². The van der Waals surface area contributed by atoms with E-state index in [0.717, 1.165) is 0 Å². The molecule has 0 aromatic carbocycles. The Morgan fingerprint density at radius 3 is 2.33 bits per heavy atom. The lowest BCUT2D eigenvalue weighted by molar-refractivity contribution is -0.121. The van der Waals surface area contributed by atoms with Crippen LogP contribution in [-0.2, 0) is 9.59 Å². The molecule has 0 saturated heterocycles. The highest BCUT2D eigenvalue weighted by Crippen LogP contribution is 1.81. The molecule has 0 aliphatic heterocycles. The highest BCUT2D eigenvalue weighted by atomic mass is 16.2. The van der Waals surface area contributed by atoms with Crippen molar-refractivity contribution >= 4 is 12.3 Å². The molecule has 0 saturated carbocycles. The van der Waals surface area contributed by atoms with E-state index in [-0.39, 0.29) is 5.91 Å². The molecule has 0 spiro atoms. The Bertz CT molecular complexity index is 126. The van der Waals surface area contributed by atoms with Crippen LogP contribution in [0.5, 0.6) is 0 Å². The van der Waals surface area contributed by atoms with Crippen molar-refractivity contribution in [3.05, 3.63) is 0 Å². The van der Waals surface area contributed by atoms with Gasteiger partial charge in [0.05, 0.1) is 0 Å². The Kier molecular flexibility index (Phi) is 11.2. The zero-order chi connectivity index (χ0) is 9.98. The first-order chi connectivity index (χ1) is 5.70. The summed E-state index contributed by atoms with van der Waals surface area (Å²) < 4.78 is 0. The van der Waals surface area contributed by atoms with Crippen LogP contribution in [0.15, 0.2) is 0 Å². The second-order valence-corrected chi connectivity index (χ2v) is 2.01. The molecule has 0 atom stereocenters. The molecule has 0 heterocycles. The van der Waals surface area contributed by atoms with Crippen molar-refractivity contribution in [1.82, 2.24) is 10.2 Å². The monoisotopic (exact) mass is 174 g/mol. The number of nitrogens with zero attached hydrogens (tertiary/aromatic N) is 1. The normalized spacial score (nSPS) is 7.67. The second kappa shape index (κ2) is 9.94. The highest BCUT2D eigenvalue weighted by molar-refractivity contribution is 5.75. The van der Waals surface area contributed by atoms with Crippen LogP contribution in [0.4, 0.5) is 0 Å². The lowest BCUT2D eigenvalue weighted by Gasteiger charge is -2.08. The van der Waals surface area contributed by atoms with Crippen molar-refractivity contribution in [3.63, 3.8) is 0 Å². The summed E-state index contributed by atoms with van der Waals surface area (Å²) in [4.78, 5) is 22.0. The van der Waals surface area contributed by atoms with E-state index in [2.05, 4.69) is 5.32 Å². The maximum absolute atomic E-state index is 10.6. The molecule has 0 aliphatic carbocycles. The predicted octanol–water partition coefficient (Wildman–Crippen LogP) is 0.237. The third-order valence-electron chi connectivity index (χ3n) is 1.15. The molecule has 1 N–H and O–H groups in total. The average molecular weight is 174 g/mol. The Hall–Kier alpha value is -1.06. The zero-order valence-corrected chi connectivity index (χ0v) is 8.26. The number of carbonyl (C=O) groups excluding carboxylic acids is 2. The van der Waals surface area contributed by atoms with Crippen LogP contribution in [0, 0.1) is 0 Å². The highest BCUT2D eigenvalue weighted by Gasteiger charge is 1.98. The van der Waals surface area contributed by atoms with Crippen LogP contribution in [0.1, 0.15) is 20.3 Å². The second-order valence-electron chi connectivity index (χ2n) is 2.01. The van der Waals surface area contributed by atoms with Gasteiger partial charge in [0.1, 0.15) is 0 Å². The van der Waals surface area contributed by atoms with Gasteiger partial charge in [-0.1, -0.05) is 13.8 Å². The van der Waals surface area contributed by atoms with Crippen molar-refractivity contribution in [3.8, 4) is 0 Å². The Morgan fingerprint density at radius 1 is 1.50 bits per heavy atom. The number of amides is 2. The van der Waals surface area contributed by atoms with Crippen molar-refractivity contribution in [1.29, 1.82) is 0 Å². The van der Waals surface area contributed by atoms with E-state index in [1.165, 1.54) is 4.90 Å². The molecule has 0 rings (SSSR count). The summed E-state index contributed by atoms with van der Waals surface area (Å²) in [5.41, 5.74) is 0. The largest absolute Gasteiger partial charge is 0.359 e. The van der Waals surface area contributed by atoms with Gasteiger partial charge in [-0.25, -0.2) is 0 Å². The molecule has 2 amide bonds. The van der Waals surface area contributed by atoms with Crippen molar-refractivity contribution in [2.75, 3.05) is 20.6 Å². The quantitative estimate of drug-likeness (QED) is 0.620. The van der Waals surface area contributed by atoms with E-state index >= 15 is 0 Å². The minimum Gasteiger partial charge on any atom is -0.359 e. The Morgan fingerprint density at radius 2 is 2.00 bits per heavy atom. The predicted molar refractivity (Wildman–Crippen MR) is 48.7 cm³/mol. The maximum atomic E-state index is 10.6. The molecule has 0 bridgehead atoms. The van der Waals surface area contributed by atoms with E-state index < -0.39 is 0 Å². The molecule has 0 fully saturated rings. The average Bonchev–Trinajstić information content (AvgIpc) is 2.16. The van der Waals surface area contributed by atoms with Crippen LogP contribution in [0.2, 0.25) is 0 Å². The molecular formula is C8H18N2O2. The molecular weight excluding hydrogens is 156 g/mol. The van der Waals surface area contributed by atoms with E-state index in [4.69, 9.17) is 0 Å². The number of carbonyl (C=O) groups is 2. The third-order valence-corrected chi connectivity index (χ3v) is 1.15. The number of hydrogen-bond acceptors (Lipinski definition) is 2. The summed E-state index contributed by atoms with van der Waals surface area (Å²) in [6.45, 7) is 4.48. The van der Waals surface area contributed by atoms with E-state index in [0.29, 0.717) is 19.4 Å². The maximum Gasteiger partial charge on any atom is 0.221 e. The summed E-state index contributed by atoms with van der Waals surface area (Å²) in [5.74, 6) is -0.0475. The smallest absolute Gasteiger partial charge is 0.221 e. The van der Waals surface area contributed by atoms with Gasteiger partial charge in [0, 0.05) is 27.1 Å². The number of rotatable bonds is 4. The van der Waals surface area contributed by atoms with Gasteiger partial charge in [0.15, 0.2) is 0 Å². The van der Waals surface area contributed by atoms with Crippen LogP contribution >= 0.6 is 0 Å². The van der Waals surface area contributed by atoms with Crippen LogP contribution in [0.25, 0.3) is 0 Å². The summed E-state index contributed by atoms with van der Waals surface area (Å²) in [6, 6.07) is 0. The number of nitrogens with one attached hydrogen (secondary N) is 1. The van der Waals surface area contributed by atoms with Crippen LogP contribution in [0.3, 0.4) is 0 Å². The summed E-state index contributed by atoms with van der Waals surface area (Å²) in [7, 11) is 3.21. The molecule has 72 valence electrons. The minimum absolute atomic E-state index is 0.0475. The van der Waals surface area contributed by atoms with Crippen LogP contribution < -0.4 is 5.32 Å². The van der Waals surface area contributed by atoms with Crippen molar-refractivity contribution in [2.24, 2.45) is 0 Å². The fraction of sp³-hybridized carbons (Fsp3) is 0.750. The minimum atomic E-state index is -0.0475. The standard InChI is InChI=1S/C6H12N2O2.C2H6/c1-7-6(10)3-4-8(2)5-9;1-2/h5H,3-4H2,1-2H3,(H,7,10);1-2H3. The Labute approximate surface area is 73.9 Å². The van der Waals surface area contributed by atoms with Crippen molar-refractivity contribution < 1.29 is 9.59 Å². The van der Waals surface area contributed by atoms with Crippen molar-refractivity contribution in [2.45, 2.75) is 20.3 Å². The van der Waals surface area contributed by atoms with Gasteiger partial charge in [-0.2, -0.15) is 0 Å². The summed E-state index contributed by atoms with van der Waals surface area (Å²) in [6.07, 6.45) is 1.06. The summed E-state index contributed by atoms with van der Waals surface area (Å²) >= 11 is 0. The first-order valence-electron chi connectivity index (χ1n) is 4.07. The first-order valence-corrected chi connectivity index (χ1v) is 4.07. The fourth-order valence-corrected chi connectivity index (χ4v) is 0.456. The van der Waals surface area contributed by atoms with E-state index in [1.54, 1.807) is 14.1 Å². The topological polar surface area (TPSA) is 49.4 Å². The lowest BCUT2D eigenvalue weighted by atomic mass is 10.4. The molecule has 4 nitrogen and oxygen atoms in total. The van der Waals surface area contributed by atoms with Gasteiger partial charge in [0.2, 0.25) is 12.3 Å². The molecule has 0 aromatic rings. The molecule has 0 aromatic heterocycles. The zero-order valence-electron chi connectivity index (χ0n) is 8.26. The molecule has 0 aliphatic rings. The van der Waals surface area contributed by atoms with Gasteiger partial charge >= 0.3 is 0 Å². The molecule has 0 unspecified atom stereocenters. The van der Waals surface area contributed by atoms with E-state index in [1.807, 2.05) is 13.8 Å². The fourth-order valence-electron chi connectivity index (χ4n) is 0.456. The van der Waals surface area contributed by atoms with Gasteiger partial charge in [0.25, 0.3) is 0 Å². The van der Waals surface area contributed by atoms with Gasteiger partial charge in [-0.3, -0.25) is 9.59 Å². The molecule has 0 radical (unpaired) electrons. The lowest BCUT2D eigenvalue weighted by Crippen LogP contribution is -2.25. The third kappa shape index (κ3) is 8.94. The molecule has 12 heavy (non-hydrogen) atoms. The van der Waals surface area contributed by atoms with Crippen LogP contribution in [-0.4, -0.2) is 37.9 Å². The number of hydrogen-bond donors (Lipinski definition) is 1. The van der Waals surface area contributed by atoms with Gasteiger partial charge in [-0.05, 0) is 0 Å². The summed E-state index contributed by atoms with van der Waals surface area (Å²) in [5, 5.41) is 2.46. The SMILES string of the molecule is CC.CNC(=O)CCN(C)C=O. The van der Waals surface area contributed by atoms with E-state index in [9.17, 15) is 9.59 Å². The first kappa shape index (κ1) is 13.5. The van der Waals surface area contributed by atoms with Gasteiger partial charge in [-0.15, -0.1) is 0 Å². The Balaban J connectivity index is 0. The molecule has 4 heteroatoms.